The molecule has 0 aliphatic carbocycles. The van der Waals surface area contributed by atoms with E-state index in [0.717, 1.165) is 37.6 Å². The van der Waals surface area contributed by atoms with Crippen LogP contribution in [0.15, 0.2) is 18.3 Å². The molecule has 17 heavy (non-hydrogen) atoms. The van der Waals surface area contributed by atoms with E-state index in [0.29, 0.717) is 6.42 Å². The highest BCUT2D eigenvalue weighted by Crippen LogP contribution is 2.11. The normalized spacial score (nSPS) is 15.2. The first-order valence-electron chi connectivity index (χ1n) is 5.91. The summed E-state index contributed by atoms with van der Waals surface area (Å²) < 4.78 is 0. The van der Waals surface area contributed by atoms with E-state index in [1.165, 1.54) is 0 Å². The summed E-state index contributed by atoms with van der Waals surface area (Å²) in [7, 11) is 0. The van der Waals surface area contributed by atoms with Crippen molar-refractivity contribution in [1.82, 2.24) is 10.3 Å². The summed E-state index contributed by atoms with van der Waals surface area (Å²) in [4.78, 5) is 6.68. The van der Waals surface area contributed by atoms with Crippen LogP contribution in [0.5, 0.6) is 0 Å². The van der Waals surface area contributed by atoms with E-state index < -0.39 is 0 Å². The Balaban J connectivity index is 2.00. The Bertz CT molecular complexity index is 399. The standard InChI is InChI=1S/C13H17N3O/c17-10-2-1-3-12-4-5-13(15-11-12)16-8-6-14-7-9-16/h4-5,11,14,17H,2,6-10H2. The summed E-state index contributed by atoms with van der Waals surface area (Å²) in [5, 5.41) is 11.9. The fourth-order valence-electron chi connectivity index (χ4n) is 1.76. The second kappa shape index (κ2) is 6.24. The monoisotopic (exact) mass is 231 g/mol. The van der Waals surface area contributed by atoms with Crippen LogP contribution in [0.2, 0.25) is 0 Å². The predicted octanol–water partition coefficient (Wildman–Crippen LogP) is 0.225. The molecule has 0 amide bonds. The average molecular weight is 231 g/mol. The Morgan fingerprint density at radius 3 is 2.82 bits per heavy atom. The van der Waals surface area contributed by atoms with Gasteiger partial charge in [-0.2, -0.15) is 0 Å². The largest absolute Gasteiger partial charge is 0.395 e. The topological polar surface area (TPSA) is 48.4 Å². The minimum absolute atomic E-state index is 0.110. The SMILES string of the molecule is OCCC#Cc1ccc(N2CCNCC2)nc1. The van der Waals surface area contributed by atoms with Crippen molar-refractivity contribution in [3.05, 3.63) is 23.9 Å². The van der Waals surface area contributed by atoms with Crippen molar-refractivity contribution in [2.45, 2.75) is 6.42 Å². The van der Waals surface area contributed by atoms with Gasteiger partial charge in [0.1, 0.15) is 5.82 Å². The third-order valence-electron chi connectivity index (χ3n) is 2.66. The highest BCUT2D eigenvalue weighted by atomic mass is 16.2. The van der Waals surface area contributed by atoms with Crippen LogP contribution in [-0.2, 0) is 0 Å². The molecule has 2 rings (SSSR count). The third-order valence-corrected chi connectivity index (χ3v) is 2.66. The van der Waals surface area contributed by atoms with E-state index in [1.807, 2.05) is 12.1 Å². The maximum Gasteiger partial charge on any atom is 0.128 e. The first-order chi connectivity index (χ1) is 8.40. The minimum Gasteiger partial charge on any atom is -0.395 e. The Labute approximate surface area is 102 Å². The smallest absolute Gasteiger partial charge is 0.128 e. The molecule has 4 heteroatoms. The van der Waals surface area contributed by atoms with Crippen LogP contribution in [0.1, 0.15) is 12.0 Å². The van der Waals surface area contributed by atoms with Gasteiger partial charge in [-0.25, -0.2) is 4.98 Å². The summed E-state index contributed by atoms with van der Waals surface area (Å²) in [6, 6.07) is 3.99. The van der Waals surface area contributed by atoms with Crippen molar-refractivity contribution >= 4 is 5.82 Å². The molecule has 0 saturated carbocycles. The molecule has 1 saturated heterocycles. The lowest BCUT2D eigenvalue weighted by Crippen LogP contribution is -2.43. The van der Waals surface area contributed by atoms with Crippen LogP contribution >= 0.6 is 0 Å². The fourth-order valence-corrected chi connectivity index (χ4v) is 1.76. The lowest BCUT2D eigenvalue weighted by atomic mass is 10.2. The number of rotatable bonds is 2. The van der Waals surface area contributed by atoms with Crippen molar-refractivity contribution in [2.24, 2.45) is 0 Å². The van der Waals surface area contributed by atoms with Gasteiger partial charge >= 0.3 is 0 Å². The van der Waals surface area contributed by atoms with Gasteiger partial charge in [-0.3, -0.25) is 0 Å². The molecule has 2 N–H and O–H groups in total. The highest BCUT2D eigenvalue weighted by molar-refractivity contribution is 5.43. The number of nitrogens with zero attached hydrogens (tertiary/aromatic N) is 2. The molecule has 1 aliphatic heterocycles. The number of aliphatic hydroxyl groups excluding tert-OH is 1. The highest BCUT2D eigenvalue weighted by Gasteiger charge is 2.10. The zero-order chi connectivity index (χ0) is 11.9. The Hall–Kier alpha value is -1.57. The second-order valence-corrected chi connectivity index (χ2v) is 3.92. The number of aliphatic hydroxyl groups is 1. The number of pyridine rings is 1. The van der Waals surface area contributed by atoms with Crippen LogP contribution in [0.4, 0.5) is 5.82 Å². The molecule has 0 bridgehead atoms. The minimum atomic E-state index is 0.110. The molecule has 1 aromatic rings. The molecular weight excluding hydrogens is 214 g/mol. The Kier molecular flexibility index (Phi) is 4.37. The van der Waals surface area contributed by atoms with Crippen molar-refractivity contribution in [2.75, 3.05) is 37.7 Å². The van der Waals surface area contributed by atoms with Crippen molar-refractivity contribution in [3.8, 4) is 11.8 Å². The van der Waals surface area contributed by atoms with E-state index in [2.05, 4.69) is 27.0 Å². The molecule has 0 atom stereocenters. The third kappa shape index (κ3) is 3.45. The zero-order valence-electron chi connectivity index (χ0n) is 9.82. The lowest BCUT2D eigenvalue weighted by molar-refractivity contribution is 0.305. The molecule has 1 fully saturated rings. The molecule has 4 nitrogen and oxygen atoms in total. The predicted molar refractivity (Wildman–Crippen MR) is 67.9 cm³/mol. The van der Waals surface area contributed by atoms with Gasteiger partial charge in [-0.1, -0.05) is 11.8 Å². The van der Waals surface area contributed by atoms with Crippen molar-refractivity contribution in [1.29, 1.82) is 0 Å². The fraction of sp³-hybridized carbons (Fsp3) is 0.462. The van der Waals surface area contributed by atoms with E-state index in [1.54, 1.807) is 6.20 Å². The van der Waals surface area contributed by atoms with Crippen LogP contribution in [0, 0.1) is 11.8 Å². The Morgan fingerprint density at radius 1 is 1.35 bits per heavy atom. The van der Waals surface area contributed by atoms with Crippen molar-refractivity contribution < 1.29 is 5.11 Å². The number of hydrogen-bond acceptors (Lipinski definition) is 4. The first kappa shape index (κ1) is 11.9. The van der Waals surface area contributed by atoms with Crippen LogP contribution in [-0.4, -0.2) is 42.9 Å². The molecule has 90 valence electrons. The van der Waals surface area contributed by atoms with Gasteiger partial charge in [0.25, 0.3) is 0 Å². The molecular formula is C13H17N3O. The molecule has 0 spiro atoms. The number of anilines is 1. The summed E-state index contributed by atoms with van der Waals surface area (Å²) in [5.41, 5.74) is 0.900. The van der Waals surface area contributed by atoms with Crippen LogP contribution < -0.4 is 10.2 Å². The van der Waals surface area contributed by atoms with Gasteiger partial charge in [0.15, 0.2) is 0 Å². The molecule has 1 aromatic heterocycles. The van der Waals surface area contributed by atoms with Crippen LogP contribution in [0.25, 0.3) is 0 Å². The first-order valence-corrected chi connectivity index (χ1v) is 5.91. The van der Waals surface area contributed by atoms with E-state index in [9.17, 15) is 0 Å². The van der Waals surface area contributed by atoms with Gasteiger partial charge in [0.05, 0.1) is 6.61 Å². The number of piperazine rings is 1. The van der Waals surface area contributed by atoms with E-state index >= 15 is 0 Å². The summed E-state index contributed by atoms with van der Waals surface area (Å²) >= 11 is 0. The molecule has 1 aliphatic rings. The van der Waals surface area contributed by atoms with Crippen LogP contribution in [0.3, 0.4) is 0 Å². The summed E-state index contributed by atoms with van der Waals surface area (Å²) in [6.45, 7) is 4.14. The number of hydrogen-bond donors (Lipinski definition) is 2. The summed E-state index contributed by atoms with van der Waals surface area (Å²) in [5.74, 6) is 6.87. The molecule has 0 aromatic carbocycles. The van der Waals surface area contributed by atoms with E-state index in [-0.39, 0.29) is 6.61 Å². The van der Waals surface area contributed by atoms with Gasteiger partial charge in [0, 0.05) is 44.4 Å². The Morgan fingerprint density at radius 2 is 2.18 bits per heavy atom. The zero-order valence-corrected chi connectivity index (χ0v) is 9.82. The maximum absolute atomic E-state index is 8.63. The quantitative estimate of drug-likeness (QED) is 0.715. The maximum atomic E-state index is 8.63. The number of aromatic nitrogens is 1. The van der Waals surface area contributed by atoms with Gasteiger partial charge in [-0.05, 0) is 12.1 Å². The van der Waals surface area contributed by atoms with Crippen molar-refractivity contribution in [3.63, 3.8) is 0 Å². The second-order valence-electron chi connectivity index (χ2n) is 3.92. The average Bonchev–Trinajstić information content (AvgIpc) is 2.41. The summed E-state index contributed by atoms with van der Waals surface area (Å²) in [6.07, 6.45) is 2.31. The van der Waals surface area contributed by atoms with Gasteiger partial charge in [0.2, 0.25) is 0 Å². The number of nitrogens with one attached hydrogen (secondary N) is 1. The molecule has 2 heterocycles. The molecule has 0 unspecified atom stereocenters. The van der Waals surface area contributed by atoms with Gasteiger partial charge < -0.3 is 15.3 Å². The van der Waals surface area contributed by atoms with Gasteiger partial charge in [-0.15, -0.1) is 0 Å². The molecule has 0 radical (unpaired) electrons. The van der Waals surface area contributed by atoms with E-state index in [4.69, 9.17) is 5.11 Å². The lowest BCUT2D eigenvalue weighted by Gasteiger charge is -2.28.